The van der Waals surface area contributed by atoms with Gasteiger partial charge in [-0.3, -0.25) is 9.69 Å². The summed E-state index contributed by atoms with van der Waals surface area (Å²) in [6.45, 7) is 8.03. The van der Waals surface area contributed by atoms with Crippen molar-refractivity contribution in [3.8, 4) is 0 Å². The van der Waals surface area contributed by atoms with E-state index in [1.165, 1.54) is 16.0 Å². The van der Waals surface area contributed by atoms with E-state index in [1.807, 2.05) is 24.8 Å². The summed E-state index contributed by atoms with van der Waals surface area (Å²) in [6.07, 6.45) is 0. The SMILES string of the molecule is Cc1nc(C)c(C(=O)N2CCN(Cc3nc4ccccc4s3)CC2)s1. The van der Waals surface area contributed by atoms with Gasteiger partial charge in [-0.05, 0) is 26.0 Å². The fourth-order valence-electron chi connectivity index (χ4n) is 3.16. The average Bonchev–Trinajstić information content (AvgIpc) is 3.16. The van der Waals surface area contributed by atoms with Gasteiger partial charge in [0, 0.05) is 26.2 Å². The van der Waals surface area contributed by atoms with Gasteiger partial charge in [0.25, 0.3) is 5.91 Å². The number of thiazole rings is 2. The molecular weight excluding hydrogens is 352 g/mol. The fourth-order valence-corrected chi connectivity index (χ4v) is 5.06. The topological polar surface area (TPSA) is 49.3 Å². The Labute approximate surface area is 154 Å². The minimum atomic E-state index is 0.128. The summed E-state index contributed by atoms with van der Waals surface area (Å²) in [7, 11) is 0. The first-order valence-corrected chi connectivity index (χ1v) is 10.0. The molecule has 1 aromatic carbocycles. The number of aryl methyl sites for hydroxylation is 2. The van der Waals surface area contributed by atoms with Gasteiger partial charge in [-0.15, -0.1) is 22.7 Å². The van der Waals surface area contributed by atoms with E-state index < -0.39 is 0 Å². The highest BCUT2D eigenvalue weighted by molar-refractivity contribution is 7.18. The number of benzene rings is 1. The van der Waals surface area contributed by atoms with Gasteiger partial charge < -0.3 is 4.90 Å². The van der Waals surface area contributed by atoms with E-state index in [2.05, 4.69) is 28.1 Å². The molecule has 25 heavy (non-hydrogen) atoms. The standard InChI is InChI=1S/C18H20N4OS2/c1-12-17(24-13(2)19-12)18(23)22-9-7-21(8-10-22)11-16-20-14-5-3-4-6-15(14)25-16/h3-6H,7-11H2,1-2H3. The molecule has 0 spiro atoms. The van der Waals surface area contributed by atoms with Crippen LogP contribution in [0.25, 0.3) is 10.2 Å². The molecule has 1 aliphatic heterocycles. The maximum absolute atomic E-state index is 12.7. The third-order valence-electron chi connectivity index (χ3n) is 4.45. The molecule has 0 saturated carbocycles. The number of rotatable bonds is 3. The lowest BCUT2D eigenvalue weighted by Crippen LogP contribution is -2.48. The second-order valence-electron chi connectivity index (χ2n) is 6.29. The van der Waals surface area contributed by atoms with Crippen LogP contribution in [0.5, 0.6) is 0 Å². The Balaban J connectivity index is 1.38. The molecule has 4 rings (SSSR count). The van der Waals surface area contributed by atoms with E-state index in [0.29, 0.717) is 0 Å². The number of aromatic nitrogens is 2. The van der Waals surface area contributed by atoms with E-state index in [1.54, 1.807) is 11.3 Å². The smallest absolute Gasteiger partial charge is 0.265 e. The zero-order chi connectivity index (χ0) is 17.4. The van der Waals surface area contributed by atoms with Gasteiger partial charge in [0.05, 0.1) is 27.5 Å². The Hall–Kier alpha value is -1.83. The van der Waals surface area contributed by atoms with Crippen LogP contribution in [-0.2, 0) is 6.54 Å². The number of nitrogens with zero attached hydrogens (tertiary/aromatic N) is 4. The number of para-hydroxylation sites is 1. The summed E-state index contributed by atoms with van der Waals surface area (Å²) in [5.41, 5.74) is 1.93. The summed E-state index contributed by atoms with van der Waals surface area (Å²) in [4.78, 5) is 26.9. The van der Waals surface area contributed by atoms with Gasteiger partial charge in [-0.2, -0.15) is 0 Å². The molecule has 0 N–H and O–H groups in total. The van der Waals surface area contributed by atoms with Crippen LogP contribution in [0, 0.1) is 13.8 Å². The summed E-state index contributed by atoms with van der Waals surface area (Å²) in [5.74, 6) is 0.128. The van der Waals surface area contributed by atoms with Crippen LogP contribution in [0.4, 0.5) is 0 Å². The third kappa shape index (κ3) is 3.44. The number of fused-ring (bicyclic) bond motifs is 1. The summed E-state index contributed by atoms with van der Waals surface area (Å²) in [6, 6.07) is 8.26. The van der Waals surface area contributed by atoms with Crippen molar-refractivity contribution >= 4 is 38.8 Å². The summed E-state index contributed by atoms with van der Waals surface area (Å²) in [5, 5.41) is 2.10. The molecule has 1 saturated heterocycles. The molecule has 0 bridgehead atoms. The minimum absolute atomic E-state index is 0.128. The van der Waals surface area contributed by atoms with Crippen LogP contribution in [-0.4, -0.2) is 51.9 Å². The molecule has 0 aliphatic carbocycles. The number of piperazine rings is 1. The Kier molecular flexibility index (Phi) is 4.54. The summed E-state index contributed by atoms with van der Waals surface area (Å²) >= 11 is 3.26. The van der Waals surface area contributed by atoms with E-state index >= 15 is 0 Å². The van der Waals surface area contributed by atoms with Crippen molar-refractivity contribution in [3.05, 3.63) is 44.9 Å². The molecule has 1 amide bonds. The first kappa shape index (κ1) is 16.6. The van der Waals surface area contributed by atoms with E-state index in [-0.39, 0.29) is 5.91 Å². The van der Waals surface area contributed by atoms with Gasteiger partial charge in [0.2, 0.25) is 0 Å². The zero-order valence-corrected chi connectivity index (χ0v) is 16.0. The van der Waals surface area contributed by atoms with Crippen molar-refractivity contribution in [3.63, 3.8) is 0 Å². The minimum Gasteiger partial charge on any atom is -0.335 e. The van der Waals surface area contributed by atoms with Gasteiger partial charge in [-0.25, -0.2) is 9.97 Å². The van der Waals surface area contributed by atoms with E-state index in [0.717, 1.165) is 58.8 Å². The number of hydrogen-bond donors (Lipinski definition) is 0. The van der Waals surface area contributed by atoms with Crippen molar-refractivity contribution in [1.82, 2.24) is 19.8 Å². The highest BCUT2D eigenvalue weighted by atomic mass is 32.1. The van der Waals surface area contributed by atoms with Crippen LogP contribution >= 0.6 is 22.7 Å². The molecule has 0 unspecified atom stereocenters. The molecule has 3 heterocycles. The second-order valence-corrected chi connectivity index (χ2v) is 8.61. The quantitative estimate of drug-likeness (QED) is 0.708. The zero-order valence-electron chi connectivity index (χ0n) is 14.4. The number of carbonyl (C=O) groups is 1. The highest BCUT2D eigenvalue weighted by Gasteiger charge is 2.25. The number of carbonyl (C=O) groups excluding carboxylic acids is 1. The van der Waals surface area contributed by atoms with E-state index in [4.69, 9.17) is 4.98 Å². The van der Waals surface area contributed by atoms with Gasteiger partial charge in [0.1, 0.15) is 9.88 Å². The molecule has 5 nitrogen and oxygen atoms in total. The van der Waals surface area contributed by atoms with Crippen molar-refractivity contribution in [2.45, 2.75) is 20.4 Å². The Morgan fingerprint density at radius 1 is 1.08 bits per heavy atom. The molecule has 130 valence electrons. The molecule has 0 radical (unpaired) electrons. The van der Waals surface area contributed by atoms with Crippen LogP contribution < -0.4 is 0 Å². The summed E-state index contributed by atoms with van der Waals surface area (Å²) < 4.78 is 1.24. The maximum Gasteiger partial charge on any atom is 0.265 e. The predicted octanol–water partition coefficient (Wildman–Crippen LogP) is 3.33. The van der Waals surface area contributed by atoms with Crippen molar-refractivity contribution in [2.24, 2.45) is 0 Å². The van der Waals surface area contributed by atoms with E-state index in [9.17, 15) is 4.79 Å². The first-order valence-electron chi connectivity index (χ1n) is 8.40. The lowest BCUT2D eigenvalue weighted by Gasteiger charge is -2.34. The lowest BCUT2D eigenvalue weighted by atomic mass is 10.2. The van der Waals surface area contributed by atoms with Crippen LogP contribution in [0.15, 0.2) is 24.3 Å². The largest absolute Gasteiger partial charge is 0.335 e. The van der Waals surface area contributed by atoms with Crippen LogP contribution in [0.2, 0.25) is 0 Å². The molecule has 1 aliphatic rings. The van der Waals surface area contributed by atoms with Crippen molar-refractivity contribution < 1.29 is 4.79 Å². The first-order chi connectivity index (χ1) is 12.1. The fraction of sp³-hybridized carbons (Fsp3) is 0.389. The van der Waals surface area contributed by atoms with Crippen LogP contribution in [0.3, 0.4) is 0 Å². The molecule has 1 fully saturated rings. The molecule has 7 heteroatoms. The van der Waals surface area contributed by atoms with Crippen molar-refractivity contribution in [1.29, 1.82) is 0 Å². The number of amides is 1. The van der Waals surface area contributed by atoms with Gasteiger partial charge in [-0.1, -0.05) is 12.1 Å². The molecule has 2 aromatic heterocycles. The predicted molar refractivity (Wildman–Crippen MR) is 102 cm³/mol. The third-order valence-corrected chi connectivity index (χ3v) is 6.54. The van der Waals surface area contributed by atoms with Crippen LogP contribution in [0.1, 0.15) is 25.4 Å². The van der Waals surface area contributed by atoms with Crippen molar-refractivity contribution in [2.75, 3.05) is 26.2 Å². The highest BCUT2D eigenvalue weighted by Crippen LogP contribution is 2.24. The van der Waals surface area contributed by atoms with Gasteiger partial charge in [0.15, 0.2) is 0 Å². The molecule has 3 aromatic rings. The monoisotopic (exact) mass is 372 g/mol. The normalized spacial score (nSPS) is 15.8. The second kappa shape index (κ2) is 6.82. The Bertz CT molecular complexity index is 876. The Morgan fingerprint density at radius 3 is 2.52 bits per heavy atom. The Morgan fingerprint density at radius 2 is 1.84 bits per heavy atom. The molecular formula is C18H20N4OS2. The number of hydrogen-bond acceptors (Lipinski definition) is 6. The maximum atomic E-state index is 12.7. The molecule has 0 atom stereocenters. The average molecular weight is 373 g/mol. The van der Waals surface area contributed by atoms with Gasteiger partial charge >= 0.3 is 0 Å². The lowest BCUT2D eigenvalue weighted by molar-refractivity contribution is 0.0632.